The standard InChI is InChI=1S/C15H21N3OS/c1-15(2)8-3-9-18(15)10-13(19)17-12-6-4-11(5-7-12)14(16)20/h4-7H,3,8-10H2,1-2H3,(H2,16,20)(H,17,19). The van der Waals surface area contributed by atoms with Gasteiger partial charge in [0.15, 0.2) is 0 Å². The lowest BCUT2D eigenvalue weighted by Crippen LogP contribution is -2.42. The van der Waals surface area contributed by atoms with Gasteiger partial charge in [-0.25, -0.2) is 0 Å². The summed E-state index contributed by atoms with van der Waals surface area (Å²) < 4.78 is 0. The molecular weight excluding hydrogens is 270 g/mol. The Morgan fingerprint density at radius 1 is 1.40 bits per heavy atom. The third-order valence-corrected chi connectivity index (χ3v) is 4.10. The molecule has 1 aliphatic rings. The third-order valence-electron chi connectivity index (χ3n) is 3.86. The number of carbonyl (C=O) groups is 1. The predicted octanol–water partition coefficient (Wildman–Crippen LogP) is 2.13. The van der Waals surface area contributed by atoms with Gasteiger partial charge < -0.3 is 11.1 Å². The molecule has 0 saturated carbocycles. The average Bonchev–Trinajstić information content (AvgIpc) is 2.69. The maximum absolute atomic E-state index is 12.1. The van der Waals surface area contributed by atoms with Crippen LogP contribution in [0.3, 0.4) is 0 Å². The van der Waals surface area contributed by atoms with Crippen molar-refractivity contribution in [2.45, 2.75) is 32.2 Å². The van der Waals surface area contributed by atoms with Gasteiger partial charge >= 0.3 is 0 Å². The molecule has 1 fully saturated rings. The molecule has 2 rings (SSSR count). The van der Waals surface area contributed by atoms with Gasteiger partial charge in [-0.2, -0.15) is 0 Å². The summed E-state index contributed by atoms with van der Waals surface area (Å²) in [6.07, 6.45) is 2.30. The quantitative estimate of drug-likeness (QED) is 0.834. The SMILES string of the molecule is CC1(C)CCCN1CC(=O)Nc1ccc(C(N)=S)cc1. The molecular formula is C15H21N3OS. The van der Waals surface area contributed by atoms with E-state index < -0.39 is 0 Å². The Balaban J connectivity index is 1.93. The number of likely N-dealkylation sites (tertiary alicyclic amines) is 1. The lowest BCUT2D eigenvalue weighted by molar-refractivity contribution is -0.118. The van der Waals surface area contributed by atoms with Crippen molar-refractivity contribution in [1.82, 2.24) is 4.90 Å². The van der Waals surface area contributed by atoms with Crippen LogP contribution >= 0.6 is 12.2 Å². The van der Waals surface area contributed by atoms with Crippen molar-refractivity contribution in [2.24, 2.45) is 5.73 Å². The second-order valence-electron chi connectivity index (χ2n) is 5.83. The van der Waals surface area contributed by atoms with Crippen LogP contribution in [-0.2, 0) is 4.79 Å². The molecule has 1 heterocycles. The molecule has 4 nitrogen and oxygen atoms in total. The van der Waals surface area contributed by atoms with Gasteiger partial charge in [0.05, 0.1) is 6.54 Å². The highest BCUT2D eigenvalue weighted by molar-refractivity contribution is 7.80. The van der Waals surface area contributed by atoms with Gasteiger partial charge in [-0.05, 0) is 57.5 Å². The van der Waals surface area contributed by atoms with E-state index >= 15 is 0 Å². The van der Waals surface area contributed by atoms with Crippen LogP contribution in [0.4, 0.5) is 5.69 Å². The minimum absolute atomic E-state index is 0.0167. The minimum Gasteiger partial charge on any atom is -0.389 e. The second-order valence-corrected chi connectivity index (χ2v) is 6.27. The van der Waals surface area contributed by atoms with E-state index in [1.165, 1.54) is 0 Å². The fraction of sp³-hybridized carbons (Fsp3) is 0.467. The van der Waals surface area contributed by atoms with E-state index in [1.807, 2.05) is 24.3 Å². The monoisotopic (exact) mass is 291 g/mol. The van der Waals surface area contributed by atoms with Gasteiger partial charge in [-0.3, -0.25) is 9.69 Å². The maximum atomic E-state index is 12.1. The number of rotatable bonds is 4. The summed E-state index contributed by atoms with van der Waals surface area (Å²) in [6.45, 7) is 5.79. The number of hydrogen-bond acceptors (Lipinski definition) is 3. The van der Waals surface area contributed by atoms with Gasteiger partial charge in [-0.1, -0.05) is 12.2 Å². The molecule has 5 heteroatoms. The number of anilines is 1. The molecule has 0 unspecified atom stereocenters. The normalized spacial score (nSPS) is 17.9. The number of nitrogens with zero attached hydrogens (tertiary/aromatic N) is 1. The van der Waals surface area contributed by atoms with Gasteiger partial charge in [0.1, 0.15) is 4.99 Å². The van der Waals surface area contributed by atoms with Gasteiger partial charge in [-0.15, -0.1) is 0 Å². The molecule has 1 saturated heterocycles. The van der Waals surface area contributed by atoms with Crippen molar-refractivity contribution in [1.29, 1.82) is 0 Å². The van der Waals surface area contributed by atoms with Crippen molar-refractivity contribution < 1.29 is 4.79 Å². The smallest absolute Gasteiger partial charge is 0.238 e. The molecule has 0 spiro atoms. The minimum atomic E-state index is 0.0167. The lowest BCUT2D eigenvalue weighted by Gasteiger charge is -2.30. The van der Waals surface area contributed by atoms with Crippen LogP contribution in [0.25, 0.3) is 0 Å². The van der Waals surface area contributed by atoms with Gasteiger partial charge in [0.25, 0.3) is 0 Å². The van der Waals surface area contributed by atoms with Crippen LogP contribution in [0.2, 0.25) is 0 Å². The molecule has 1 aliphatic heterocycles. The van der Waals surface area contributed by atoms with E-state index in [2.05, 4.69) is 24.1 Å². The van der Waals surface area contributed by atoms with Crippen LogP contribution in [0, 0.1) is 0 Å². The Hall–Kier alpha value is -1.46. The number of nitrogens with two attached hydrogens (primary N) is 1. The number of nitrogens with one attached hydrogen (secondary N) is 1. The average molecular weight is 291 g/mol. The first-order valence-corrected chi connectivity index (χ1v) is 7.24. The molecule has 1 aromatic rings. The summed E-state index contributed by atoms with van der Waals surface area (Å²) in [7, 11) is 0. The topological polar surface area (TPSA) is 58.4 Å². The molecule has 108 valence electrons. The summed E-state index contributed by atoms with van der Waals surface area (Å²) >= 11 is 4.90. The Kier molecular flexibility index (Phi) is 4.40. The second kappa shape index (κ2) is 5.89. The molecule has 3 N–H and O–H groups in total. The Bertz CT molecular complexity index is 510. The van der Waals surface area contributed by atoms with E-state index in [9.17, 15) is 4.79 Å². The van der Waals surface area contributed by atoms with Gasteiger partial charge in [0.2, 0.25) is 5.91 Å². The van der Waals surface area contributed by atoms with E-state index in [0.29, 0.717) is 11.5 Å². The Morgan fingerprint density at radius 3 is 2.55 bits per heavy atom. The van der Waals surface area contributed by atoms with E-state index in [1.54, 1.807) is 0 Å². The molecule has 0 atom stereocenters. The highest BCUT2D eigenvalue weighted by Gasteiger charge is 2.32. The van der Waals surface area contributed by atoms with E-state index in [-0.39, 0.29) is 11.4 Å². The summed E-state index contributed by atoms with van der Waals surface area (Å²) in [4.78, 5) is 14.7. The fourth-order valence-electron chi connectivity index (χ4n) is 2.55. The number of amides is 1. The highest BCUT2D eigenvalue weighted by Crippen LogP contribution is 2.27. The predicted molar refractivity (Wildman–Crippen MR) is 85.8 cm³/mol. The molecule has 0 radical (unpaired) electrons. The van der Waals surface area contributed by atoms with Gasteiger partial charge in [0, 0.05) is 16.8 Å². The molecule has 0 aliphatic carbocycles. The van der Waals surface area contributed by atoms with Crippen LogP contribution in [0.15, 0.2) is 24.3 Å². The van der Waals surface area contributed by atoms with Crippen molar-refractivity contribution >= 4 is 28.8 Å². The molecule has 0 aromatic heterocycles. The summed E-state index contributed by atoms with van der Waals surface area (Å²) in [5, 5.41) is 2.91. The summed E-state index contributed by atoms with van der Waals surface area (Å²) in [6, 6.07) is 7.28. The van der Waals surface area contributed by atoms with Crippen LogP contribution in [0.5, 0.6) is 0 Å². The number of carbonyl (C=O) groups excluding carboxylic acids is 1. The number of hydrogen-bond donors (Lipinski definition) is 2. The largest absolute Gasteiger partial charge is 0.389 e. The Morgan fingerprint density at radius 2 is 2.05 bits per heavy atom. The lowest BCUT2D eigenvalue weighted by atomic mass is 10.0. The molecule has 1 amide bonds. The van der Waals surface area contributed by atoms with Crippen molar-refractivity contribution in [3.63, 3.8) is 0 Å². The third kappa shape index (κ3) is 3.55. The van der Waals surface area contributed by atoms with Crippen molar-refractivity contribution in [2.75, 3.05) is 18.4 Å². The van der Waals surface area contributed by atoms with Crippen LogP contribution in [0.1, 0.15) is 32.3 Å². The number of thiocarbonyl (C=S) groups is 1. The maximum Gasteiger partial charge on any atom is 0.238 e. The van der Waals surface area contributed by atoms with Crippen molar-refractivity contribution in [3.05, 3.63) is 29.8 Å². The number of benzene rings is 1. The van der Waals surface area contributed by atoms with E-state index in [0.717, 1.165) is 30.6 Å². The first kappa shape index (κ1) is 14.9. The molecule has 1 aromatic carbocycles. The first-order chi connectivity index (χ1) is 9.38. The zero-order valence-corrected chi connectivity index (χ0v) is 12.8. The van der Waals surface area contributed by atoms with Crippen LogP contribution in [-0.4, -0.2) is 34.4 Å². The van der Waals surface area contributed by atoms with E-state index in [4.69, 9.17) is 18.0 Å². The molecule has 0 bridgehead atoms. The first-order valence-electron chi connectivity index (χ1n) is 6.83. The fourth-order valence-corrected chi connectivity index (χ4v) is 2.68. The van der Waals surface area contributed by atoms with Crippen molar-refractivity contribution in [3.8, 4) is 0 Å². The summed E-state index contributed by atoms with van der Waals surface area (Å²) in [5.74, 6) is 0.0167. The van der Waals surface area contributed by atoms with Crippen LogP contribution < -0.4 is 11.1 Å². The zero-order valence-electron chi connectivity index (χ0n) is 12.0. The molecule has 20 heavy (non-hydrogen) atoms. The highest BCUT2D eigenvalue weighted by atomic mass is 32.1. The Labute approximate surface area is 125 Å². The summed E-state index contributed by atoms with van der Waals surface area (Å²) in [5.41, 5.74) is 7.23. The zero-order chi connectivity index (χ0) is 14.8.